The lowest BCUT2D eigenvalue weighted by atomic mass is 9.99. The Bertz CT molecular complexity index is 187. The van der Waals surface area contributed by atoms with Gasteiger partial charge in [-0.15, -0.1) is 0 Å². The Morgan fingerprint density at radius 2 is 2.46 bits per heavy atom. The molecule has 76 valence electrons. The molecule has 2 atom stereocenters. The monoisotopic (exact) mass is 298 g/mol. The van der Waals surface area contributed by atoms with E-state index in [1.807, 2.05) is 0 Å². The maximum absolute atomic E-state index is 10.6. The van der Waals surface area contributed by atoms with E-state index in [0.717, 1.165) is 19.4 Å². The van der Waals surface area contributed by atoms with Gasteiger partial charge in [-0.2, -0.15) is 0 Å². The van der Waals surface area contributed by atoms with Crippen molar-refractivity contribution in [1.82, 2.24) is 0 Å². The third-order valence-electron chi connectivity index (χ3n) is 2.34. The molecule has 0 saturated carbocycles. The van der Waals surface area contributed by atoms with Gasteiger partial charge in [0.1, 0.15) is 6.61 Å². The van der Waals surface area contributed by atoms with Crippen molar-refractivity contribution in [3.63, 3.8) is 0 Å². The van der Waals surface area contributed by atoms with Gasteiger partial charge in [-0.3, -0.25) is 4.79 Å². The third-order valence-corrected chi connectivity index (χ3v) is 4.02. The second-order valence-electron chi connectivity index (χ2n) is 3.53. The minimum absolute atomic E-state index is 0.101. The average molecular weight is 298 g/mol. The van der Waals surface area contributed by atoms with Crippen molar-refractivity contribution in [3.05, 3.63) is 0 Å². The molecule has 1 rings (SSSR count). The van der Waals surface area contributed by atoms with Gasteiger partial charge >= 0.3 is 5.97 Å². The van der Waals surface area contributed by atoms with Gasteiger partial charge in [-0.1, -0.05) is 22.6 Å². The summed E-state index contributed by atoms with van der Waals surface area (Å²) in [6.45, 7) is 4.80. The van der Waals surface area contributed by atoms with Crippen LogP contribution < -0.4 is 0 Å². The highest BCUT2D eigenvalue weighted by Gasteiger charge is 2.37. The molecule has 0 aliphatic carbocycles. The van der Waals surface area contributed by atoms with E-state index < -0.39 is 0 Å². The van der Waals surface area contributed by atoms with Crippen molar-refractivity contribution in [2.24, 2.45) is 0 Å². The Hall–Kier alpha value is 0.160. The van der Waals surface area contributed by atoms with Crippen LogP contribution in [-0.4, -0.2) is 28.7 Å². The molecule has 1 fully saturated rings. The number of hydrogen-bond acceptors (Lipinski definition) is 3. The van der Waals surface area contributed by atoms with E-state index in [0.29, 0.717) is 6.61 Å². The van der Waals surface area contributed by atoms with Crippen LogP contribution in [-0.2, 0) is 14.3 Å². The summed E-state index contributed by atoms with van der Waals surface area (Å²) in [6, 6.07) is 0. The topological polar surface area (TPSA) is 35.5 Å². The van der Waals surface area contributed by atoms with E-state index in [1.165, 1.54) is 6.92 Å². The Kier molecular flexibility index (Phi) is 3.97. The zero-order chi connectivity index (χ0) is 9.90. The maximum atomic E-state index is 10.6. The van der Waals surface area contributed by atoms with Crippen LogP contribution in [0.1, 0.15) is 26.7 Å². The first-order valence-electron chi connectivity index (χ1n) is 4.46. The molecule has 0 spiro atoms. The molecule has 4 heteroatoms. The van der Waals surface area contributed by atoms with Gasteiger partial charge in [-0.25, -0.2) is 0 Å². The zero-order valence-corrected chi connectivity index (χ0v) is 10.2. The van der Waals surface area contributed by atoms with Gasteiger partial charge in [0.05, 0.1) is 9.53 Å². The summed E-state index contributed by atoms with van der Waals surface area (Å²) in [5.74, 6) is -0.219. The lowest BCUT2D eigenvalue weighted by molar-refractivity contribution is -0.141. The Morgan fingerprint density at radius 1 is 1.77 bits per heavy atom. The molecule has 1 saturated heterocycles. The summed E-state index contributed by atoms with van der Waals surface area (Å²) in [7, 11) is 0. The molecule has 1 aliphatic heterocycles. The molecule has 3 nitrogen and oxygen atoms in total. The van der Waals surface area contributed by atoms with Crippen LogP contribution in [0.2, 0.25) is 0 Å². The molecule has 0 aromatic rings. The first-order chi connectivity index (χ1) is 6.04. The largest absolute Gasteiger partial charge is 0.465 e. The summed E-state index contributed by atoms with van der Waals surface area (Å²) in [5, 5.41) is 0. The van der Waals surface area contributed by atoms with Crippen molar-refractivity contribution in [3.8, 4) is 0 Å². The maximum Gasteiger partial charge on any atom is 0.302 e. The first kappa shape index (κ1) is 11.2. The number of carbonyl (C=O) groups is 1. The Morgan fingerprint density at radius 3 is 2.92 bits per heavy atom. The van der Waals surface area contributed by atoms with E-state index in [1.54, 1.807) is 0 Å². The van der Waals surface area contributed by atoms with E-state index in [9.17, 15) is 4.79 Å². The first-order valence-corrected chi connectivity index (χ1v) is 5.70. The highest BCUT2D eigenvalue weighted by molar-refractivity contribution is 14.1. The number of hydrogen-bond donors (Lipinski definition) is 0. The van der Waals surface area contributed by atoms with Crippen molar-refractivity contribution in [2.45, 2.75) is 36.2 Å². The van der Waals surface area contributed by atoms with Gasteiger partial charge in [0, 0.05) is 13.5 Å². The third kappa shape index (κ3) is 3.09. The molecule has 0 aromatic carbocycles. The summed E-state index contributed by atoms with van der Waals surface area (Å²) in [4.78, 5) is 10.6. The standard InChI is InChI=1S/C9H15IO3/c1-7(11)12-6-8(10)9(2)4-3-5-13-9/h8H,3-6H2,1-2H3. The van der Waals surface area contributed by atoms with Crippen LogP contribution in [0.5, 0.6) is 0 Å². The fourth-order valence-corrected chi connectivity index (χ4v) is 2.09. The molecule has 0 N–H and O–H groups in total. The fourth-order valence-electron chi connectivity index (χ4n) is 1.41. The molecule has 0 bridgehead atoms. The van der Waals surface area contributed by atoms with Crippen LogP contribution >= 0.6 is 22.6 Å². The number of carbonyl (C=O) groups excluding carboxylic acids is 1. The van der Waals surface area contributed by atoms with Gasteiger partial charge in [0.15, 0.2) is 0 Å². The molecule has 2 unspecified atom stereocenters. The molecular formula is C9H15IO3. The molecule has 0 aromatic heterocycles. The van der Waals surface area contributed by atoms with Crippen LogP contribution in [0.4, 0.5) is 0 Å². The second kappa shape index (κ2) is 4.59. The number of ether oxygens (including phenoxy) is 2. The zero-order valence-electron chi connectivity index (χ0n) is 8.01. The predicted octanol–water partition coefficient (Wildman–Crippen LogP) is 1.92. The lowest BCUT2D eigenvalue weighted by Crippen LogP contribution is -2.37. The van der Waals surface area contributed by atoms with Crippen molar-refractivity contribution >= 4 is 28.6 Å². The minimum atomic E-state index is -0.219. The van der Waals surface area contributed by atoms with E-state index in [4.69, 9.17) is 9.47 Å². The van der Waals surface area contributed by atoms with E-state index in [-0.39, 0.29) is 15.5 Å². The summed E-state index contributed by atoms with van der Waals surface area (Å²) in [5.41, 5.74) is -0.101. The highest BCUT2D eigenvalue weighted by atomic mass is 127. The van der Waals surface area contributed by atoms with Gasteiger partial charge in [-0.05, 0) is 19.8 Å². The summed E-state index contributed by atoms with van der Waals surface area (Å²) >= 11 is 2.29. The lowest BCUT2D eigenvalue weighted by Gasteiger charge is -2.28. The molecule has 13 heavy (non-hydrogen) atoms. The average Bonchev–Trinajstić information content (AvgIpc) is 2.49. The van der Waals surface area contributed by atoms with Gasteiger partial charge in [0.2, 0.25) is 0 Å². The Balaban J connectivity index is 2.37. The van der Waals surface area contributed by atoms with E-state index >= 15 is 0 Å². The number of esters is 1. The summed E-state index contributed by atoms with van der Waals surface area (Å²) in [6.07, 6.45) is 2.16. The SMILES string of the molecule is CC(=O)OCC(I)C1(C)CCCO1. The van der Waals surface area contributed by atoms with Gasteiger partial charge in [0.25, 0.3) is 0 Å². The van der Waals surface area contributed by atoms with Crippen LogP contribution in [0.15, 0.2) is 0 Å². The van der Waals surface area contributed by atoms with Gasteiger partial charge < -0.3 is 9.47 Å². The normalized spacial score (nSPS) is 30.1. The van der Waals surface area contributed by atoms with Crippen LogP contribution in [0.3, 0.4) is 0 Å². The molecule has 0 amide bonds. The van der Waals surface area contributed by atoms with Crippen LogP contribution in [0, 0.1) is 0 Å². The fraction of sp³-hybridized carbons (Fsp3) is 0.889. The van der Waals surface area contributed by atoms with Crippen molar-refractivity contribution in [2.75, 3.05) is 13.2 Å². The van der Waals surface area contributed by atoms with Crippen LogP contribution in [0.25, 0.3) is 0 Å². The molecular weight excluding hydrogens is 283 g/mol. The quantitative estimate of drug-likeness (QED) is 0.454. The minimum Gasteiger partial charge on any atom is -0.465 e. The molecule has 1 aliphatic rings. The smallest absolute Gasteiger partial charge is 0.302 e. The highest BCUT2D eigenvalue weighted by Crippen LogP contribution is 2.33. The predicted molar refractivity (Wildman–Crippen MR) is 58.0 cm³/mol. The number of rotatable bonds is 3. The number of alkyl halides is 1. The van der Waals surface area contributed by atoms with Crippen molar-refractivity contribution < 1.29 is 14.3 Å². The second-order valence-corrected chi connectivity index (χ2v) is 5.04. The Labute approximate surface area is 92.3 Å². The molecule has 1 heterocycles. The van der Waals surface area contributed by atoms with E-state index in [2.05, 4.69) is 29.5 Å². The number of halogens is 1. The summed E-state index contributed by atoms with van der Waals surface area (Å²) < 4.78 is 10.8. The molecule has 0 radical (unpaired) electrons. The van der Waals surface area contributed by atoms with Crippen molar-refractivity contribution in [1.29, 1.82) is 0 Å².